The minimum Gasteiger partial charge on any atom is -0.508 e. The average molecular weight is 458 g/mol. The molecule has 2 unspecified atom stereocenters. The van der Waals surface area contributed by atoms with E-state index in [1.54, 1.807) is 12.1 Å². The van der Waals surface area contributed by atoms with Gasteiger partial charge in [-0.3, -0.25) is 4.79 Å². The molecule has 136 valence electrons. The van der Waals surface area contributed by atoms with E-state index in [0.717, 1.165) is 23.5 Å². The van der Waals surface area contributed by atoms with Gasteiger partial charge in [0.1, 0.15) is 10.7 Å². The fraction of sp³-hybridized carbons (Fsp3) is 0.250. The van der Waals surface area contributed by atoms with Crippen molar-refractivity contribution in [2.75, 3.05) is 14.2 Å². The quantitative estimate of drug-likeness (QED) is 0.689. The molecule has 0 radical (unpaired) electrons. The highest BCUT2D eigenvalue weighted by atomic mass is 79.9. The van der Waals surface area contributed by atoms with E-state index in [0.29, 0.717) is 15.1 Å². The highest BCUT2D eigenvalue weighted by Crippen LogP contribution is 2.52. The van der Waals surface area contributed by atoms with Gasteiger partial charge in [-0.15, -0.1) is 0 Å². The number of aliphatic imine (C=N–C) groups is 1. The van der Waals surface area contributed by atoms with Crippen LogP contribution >= 0.6 is 39.5 Å². The van der Waals surface area contributed by atoms with E-state index in [4.69, 9.17) is 9.47 Å². The first-order chi connectivity index (χ1) is 12.4. The summed E-state index contributed by atoms with van der Waals surface area (Å²) in [5.74, 6) is -2.35. The van der Waals surface area contributed by atoms with Gasteiger partial charge in [0.25, 0.3) is 0 Å². The molecule has 7 nitrogen and oxygen atoms in total. The largest absolute Gasteiger partial charge is 0.508 e. The summed E-state index contributed by atoms with van der Waals surface area (Å²) in [5, 5.41) is 9.79. The number of ether oxygens (including phenoxy) is 2. The molecule has 2 heterocycles. The van der Waals surface area contributed by atoms with Gasteiger partial charge < -0.3 is 14.6 Å². The Morgan fingerprint density at radius 2 is 1.92 bits per heavy atom. The predicted molar refractivity (Wildman–Crippen MR) is 101 cm³/mol. The van der Waals surface area contributed by atoms with Crippen molar-refractivity contribution in [2.24, 2.45) is 4.99 Å². The zero-order valence-electron chi connectivity index (χ0n) is 13.5. The molecule has 1 aromatic rings. The highest BCUT2D eigenvalue weighted by molar-refractivity contribution is 9.10. The smallest absolute Gasteiger partial charge is 0.345 e. The van der Waals surface area contributed by atoms with Crippen molar-refractivity contribution >= 4 is 61.7 Å². The summed E-state index contributed by atoms with van der Waals surface area (Å²) in [7, 11) is 2.39. The Morgan fingerprint density at radius 3 is 2.58 bits per heavy atom. The SMILES string of the molecule is COC(=O)C1=C(C(=O)OC)C(c2cc(Br)ccc2O)C2SC(=O)N=C2S1. The normalized spacial score (nSPS) is 22.0. The van der Waals surface area contributed by atoms with Crippen LogP contribution in [-0.4, -0.2) is 46.8 Å². The second-order valence-corrected chi connectivity index (χ2v) is 8.30. The number of methoxy groups -OCH3 is 2. The number of hydrogen-bond donors (Lipinski definition) is 1. The van der Waals surface area contributed by atoms with Crippen LogP contribution in [0.4, 0.5) is 4.79 Å². The van der Waals surface area contributed by atoms with E-state index in [1.807, 2.05) is 0 Å². The Hall–Kier alpha value is -1.78. The van der Waals surface area contributed by atoms with Crippen LogP contribution in [0.3, 0.4) is 0 Å². The molecular weight excluding hydrogens is 446 g/mol. The summed E-state index contributed by atoms with van der Waals surface area (Å²) >= 11 is 5.19. The Balaban J connectivity index is 2.28. The lowest BCUT2D eigenvalue weighted by Crippen LogP contribution is -2.33. The lowest BCUT2D eigenvalue weighted by Gasteiger charge is -2.31. The molecule has 1 amide bonds. The number of amides is 1. The summed E-state index contributed by atoms with van der Waals surface area (Å²) in [4.78, 5) is 40.6. The number of rotatable bonds is 3. The van der Waals surface area contributed by atoms with Crippen LogP contribution in [0.25, 0.3) is 0 Å². The summed E-state index contributed by atoms with van der Waals surface area (Å²) < 4.78 is 10.3. The van der Waals surface area contributed by atoms with Crippen LogP contribution in [0.2, 0.25) is 0 Å². The van der Waals surface area contributed by atoms with Gasteiger partial charge in [0.2, 0.25) is 0 Å². The van der Waals surface area contributed by atoms with Crippen molar-refractivity contribution in [3.63, 3.8) is 0 Å². The van der Waals surface area contributed by atoms with Gasteiger partial charge in [0.15, 0.2) is 0 Å². The molecule has 0 fully saturated rings. The van der Waals surface area contributed by atoms with Crippen molar-refractivity contribution in [1.29, 1.82) is 0 Å². The summed E-state index contributed by atoms with van der Waals surface area (Å²) in [5.41, 5.74) is 0.408. The molecule has 0 saturated carbocycles. The maximum absolute atomic E-state index is 12.5. The summed E-state index contributed by atoms with van der Waals surface area (Å²) in [6.45, 7) is 0. The Kier molecular flexibility index (Phi) is 5.44. The van der Waals surface area contributed by atoms with E-state index in [2.05, 4.69) is 20.9 Å². The number of phenolic OH excluding ortho intramolecular Hbond substituents is 1. The third-order valence-corrected chi connectivity index (χ3v) is 6.67. The standard InChI is InChI=1S/C16H12BrNO6S2/c1-23-14(20)10-9(7-5-6(17)3-4-8(7)19)11-13(18-16(22)26-11)25-12(10)15(21)24-2/h3-5,9,11,19H,1-2H3. The summed E-state index contributed by atoms with van der Waals surface area (Å²) in [6.07, 6.45) is 0. The number of thioether (sulfide) groups is 2. The molecule has 3 rings (SSSR count). The number of carbonyl (C=O) groups excluding carboxylic acids is 3. The van der Waals surface area contributed by atoms with Crippen molar-refractivity contribution in [3.05, 3.63) is 38.7 Å². The van der Waals surface area contributed by atoms with E-state index in [9.17, 15) is 19.5 Å². The number of hydrogen-bond acceptors (Lipinski definition) is 8. The minimum absolute atomic E-state index is 0.00553. The topological polar surface area (TPSA) is 102 Å². The first kappa shape index (κ1) is 19.0. The van der Waals surface area contributed by atoms with Gasteiger partial charge in [-0.1, -0.05) is 39.5 Å². The van der Waals surface area contributed by atoms with Crippen molar-refractivity contribution < 1.29 is 29.0 Å². The fourth-order valence-electron chi connectivity index (χ4n) is 2.75. The Labute approximate surface area is 165 Å². The molecular formula is C16H12BrNO6S2. The van der Waals surface area contributed by atoms with Crippen LogP contribution in [0, 0.1) is 0 Å². The van der Waals surface area contributed by atoms with E-state index < -0.39 is 28.3 Å². The molecule has 2 aliphatic rings. The highest BCUT2D eigenvalue weighted by Gasteiger charge is 2.48. The minimum atomic E-state index is -0.800. The molecule has 0 aliphatic carbocycles. The van der Waals surface area contributed by atoms with Gasteiger partial charge in [-0.05, 0) is 18.2 Å². The van der Waals surface area contributed by atoms with Gasteiger partial charge >= 0.3 is 17.2 Å². The van der Waals surface area contributed by atoms with Crippen molar-refractivity contribution in [3.8, 4) is 5.75 Å². The maximum atomic E-state index is 12.5. The number of fused-ring (bicyclic) bond motifs is 1. The Morgan fingerprint density at radius 1 is 1.23 bits per heavy atom. The molecule has 2 aliphatic heterocycles. The van der Waals surface area contributed by atoms with Crippen LogP contribution in [0.5, 0.6) is 5.75 Å². The van der Waals surface area contributed by atoms with Gasteiger partial charge in [-0.2, -0.15) is 4.99 Å². The van der Waals surface area contributed by atoms with Crippen molar-refractivity contribution in [2.45, 2.75) is 11.2 Å². The van der Waals surface area contributed by atoms with Gasteiger partial charge in [0.05, 0.1) is 30.1 Å². The third kappa shape index (κ3) is 3.28. The molecule has 2 atom stereocenters. The third-order valence-electron chi connectivity index (χ3n) is 3.84. The maximum Gasteiger partial charge on any atom is 0.345 e. The zero-order chi connectivity index (χ0) is 19.0. The zero-order valence-corrected chi connectivity index (χ0v) is 16.7. The molecule has 26 heavy (non-hydrogen) atoms. The number of halogens is 1. The second-order valence-electron chi connectivity index (χ2n) is 5.26. The molecule has 0 spiro atoms. The van der Waals surface area contributed by atoms with Crippen LogP contribution in [0.1, 0.15) is 11.5 Å². The van der Waals surface area contributed by atoms with Crippen LogP contribution < -0.4 is 0 Å². The first-order valence-electron chi connectivity index (χ1n) is 7.23. The van der Waals surface area contributed by atoms with E-state index in [1.165, 1.54) is 20.3 Å². The monoisotopic (exact) mass is 457 g/mol. The number of esters is 2. The molecule has 0 saturated heterocycles. The second kappa shape index (κ2) is 7.45. The van der Waals surface area contributed by atoms with Crippen LogP contribution in [-0.2, 0) is 19.1 Å². The number of benzene rings is 1. The molecule has 1 aromatic carbocycles. The number of carbonyl (C=O) groups is 3. The fourth-order valence-corrected chi connectivity index (χ4v) is 5.49. The molecule has 0 aromatic heterocycles. The predicted octanol–water partition coefficient (Wildman–Crippen LogP) is 3.22. The van der Waals surface area contributed by atoms with E-state index in [-0.39, 0.29) is 16.2 Å². The summed E-state index contributed by atoms with van der Waals surface area (Å²) in [6, 6.07) is 4.74. The first-order valence-corrected chi connectivity index (χ1v) is 9.72. The molecule has 0 bridgehead atoms. The molecule has 10 heteroatoms. The number of aromatic hydroxyl groups is 1. The molecule has 1 N–H and O–H groups in total. The van der Waals surface area contributed by atoms with Crippen LogP contribution in [0.15, 0.2) is 38.1 Å². The van der Waals surface area contributed by atoms with Crippen molar-refractivity contribution in [1.82, 2.24) is 0 Å². The van der Waals surface area contributed by atoms with Gasteiger partial charge in [-0.25, -0.2) is 9.59 Å². The average Bonchev–Trinajstić information content (AvgIpc) is 3.00. The van der Waals surface area contributed by atoms with E-state index >= 15 is 0 Å². The van der Waals surface area contributed by atoms with Gasteiger partial charge in [0, 0.05) is 16.0 Å². The number of phenols is 1. The lowest BCUT2D eigenvalue weighted by atomic mass is 9.86. The lowest BCUT2D eigenvalue weighted by molar-refractivity contribution is -0.139. The number of nitrogens with zero attached hydrogens (tertiary/aromatic N) is 1. The Bertz CT molecular complexity index is 881.